The molecule has 0 radical (unpaired) electrons. The quantitative estimate of drug-likeness (QED) is 0.827. The number of halogens is 1. The highest BCUT2D eigenvalue weighted by Gasteiger charge is 2.17. The molecule has 4 nitrogen and oxygen atoms in total. The van der Waals surface area contributed by atoms with E-state index in [1.165, 1.54) is 0 Å². The van der Waals surface area contributed by atoms with Gasteiger partial charge in [-0.15, -0.1) is 0 Å². The van der Waals surface area contributed by atoms with Crippen molar-refractivity contribution in [2.75, 3.05) is 13.2 Å². The van der Waals surface area contributed by atoms with Crippen LogP contribution < -0.4 is 5.32 Å². The summed E-state index contributed by atoms with van der Waals surface area (Å²) in [6.07, 6.45) is 0. The first-order valence-electron chi connectivity index (χ1n) is 5.37. The lowest BCUT2D eigenvalue weighted by atomic mass is 9.95. The molecule has 0 amide bonds. The molecule has 0 unspecified atom stereocenters. The van der Waals surface area contributed by atoms with E-state index in [-0.39, 0.29) is 12.0 Å². The Kier molecular flexibility index (Phi) is 4.35. The zero-order chi connectivity index (χ0) is 12.3. The molecule has 16 heavy (non-hydrogen) atoms. The van der Waals surface area contributed by atoms with Gasteiger partial charge in [-0.25, -0.2) is 0 Å². The van der Waals surface area contributed by atoms with Crippen LogP contribution in [0, 0.1) is 12.3 Å². The van der Waals surface area contributed by atoms with Crippen molar-refractivity contribution in [3.8, 4) is 0 Å². The first kappa shape index (κ1) is 13.5. The van der Waals surface area contributed by atoms with Crippen LogP contribution in [0.3, 0.4) is 0 Å². The average molecular weight is 246 g/mol. The standard InChI is InChI=1S/C11H20ClN3O/c1-8-9(10(12)15(4)14-8)5-13-6-11(2,3)7-16/h13,16H,5-7H2,1-4H3. The van der Waals surface area contributed by atoms with Crippen molar-refractivity contribution in [3.05, 3.63) is 16.4 Å². The highest BCUT2D eigenvalue weighted by Crippen LogP contribution is 2.19. The van der Waals surface area contributed by atoms with E-state index < -0.39 is 0 Å². The minimum absolute atomic E-state index is 0.109. The predicted molar refractivity (Wildman–Crippen MR) is 65.5 cm³/mol. The smallest absolute Gasteiger partial charge is 0.131 e. The Hall–Kier alpha value is -0.580. The van der Waals surface area contributed by atoms with Gasteiger partial charge in [0.1, 0.15) is 5.15 Å². The van der Waals surface area contributed by atoms with Gasteiger partial charge in [0, 0.05) is 37.7 Å². The third-order valence-electron chi connectivity index (χ3n) is 2.60. The first-order valence-corrected chi connectivity index (χ1v) is 5.75. The van der Waals surface area contributed by atoms with Gasteiger partial charge < -0.3 is 10.4 Å². The molecular weight excluding hydrogens is 226 g/mol. The summed E-state index contributed by atoms with van der Waals surface area (Å²) in [6, 6.07) is 0. The fraction of sp³-hybridized carbons (Fsp3) is 0.727. The number of hydrogen-bond acceptors (Lipinski definition) is 3. The lowest BCUT2D eigenvalue weighted by Crippen LogP contribution is -2.32. The van der Waals surface area contributed by atoms with Gasteiger partial charge in [-0.2, -0.15) is 5.10 Å². The van der Waals surface area contributed by atoms with Crippen molar-refractivity contribution in [1.29, 1.82) is 0 Å². The number of aliphatic hydroxyl groups excluding tert-OH is 1. The normalized spacial score (nSPS) is 12.1. The van der Waals surface area contributed by atoms with Crippen molar-refractivity contribution in [1.82, 2.24) is 15.1 Å². The molecule has 5 heteroatoms. The number of aromatic nitrogens is 2. The van der Waals surface area contributed by atoms with Crippen LogP contribution >= 0.6 is 11.6 Å². The van der Waals surface area contributed by atoms with Crippen molar-refractivity contribution in [3.63, 3.8) is 0 Å². The monoisotopic (exact) mass is 245 g/mol. The molecule has 0 bridgehead atoms. The summed E-state index contributed by atoms with van der Waals surface area (Å²) >= 11 is 6.11. The van der Waals surface area contributed by atoms with Crippen LogP contribution in [0.15, 0.2) is 0 Å². The van der Waals surface area contributed by atoms with Crippen LogP contribution in [-0.4, -0.2) is 28.0 Å². The maximum atomic E-state index is 9.12. The van der Waals surface area contributed by atoms with E-state index in [9.17, 15) is 0 Å². The summed E-state index contributed by atoms with van der Waals surface area (Å²) in [6.45, 7) is 7.56. The summed E-state index contributed by atoms with van der Waals surface area (Å²) in [7, 11) is 1.83. The summed E-state index contributed by atoms with van der Waals surface area (Å²) in [5.74, 6) is 0. The number of rotatable bonds is 5. The van der Waals surface area contributed by atoms with Crippen LogP contribution in [0.25, 0.3) is 0 Å². The van der Waals surface area contributed by atoms with Gasteiger partial charge in [-0.05, 0) is 6.92 Å². The van der Waals surface area contributed by atoms with E-state index in [1.54, 1.807) is 4.68 Å². The van der Waals surface area contributed by atoms with Gasteiger partial charge in [0.05, 0.1) is 5.69 Å². The Morgan fingerprint density at radius 1 is 1.50 bits per heavy atom. The average Bonchev–Trinajstić information content (AvgIpc) is 2.44. The second-order valence-corrected chi connectivity index (χ2v) is 5.26. The molecule has 0 aliphatic rings. The fourth-order valence-electron chi connectivity index (χ4n) is 1.46. The predicted octanol–water partition coefficient (Wildman–Crippen LogP) is 1.49. The summed E-state index contributed by atoms with van der Waals surface area (Å²) in [5.41, 5.74) is 1.86. The second-order valence-electron chi connectivity index (χ2n) is 4.90. The summed E-state index contributed by atoms with van der Waals surface area (Å²) in [4.78, 5) is 0. The third-order valence-corrected chi connectivity index (χ3v) is 3.08. The number of hydrogen-bond donors (Lipinski definition) is 2. The molecular formula is C11H20ClN3O. The third kappa shape index (κ3) is 3.20. The van der Waals surface area contributed by atoms with Gasteiger partial charge in [-0.3, -0.25) is 4.68 Å². The maximum Gasteiger partial charge on any atom is 0.131 e. The topological polar surface area (TPSA) is 50.1 Å². The molecule has 0 fully saturated rings. The van der Waals surface area contributed by atoms with Crippen molar-refractivity contribution in [2.45, 2.75) is 27.3 Å². The van der Waals surface area contributed by atoms with E-state index >= 15 is 0 Å². The van der Waals surface area contributed by atoms with E-state index in [0.29, 0.717) is 11.7 Å². The molecule has 0 aromatic carbocycles. The Morgan fingerprint density at radius 3 is 2.56 bits per heavy atom. The highest BCUT2D eigenvalue weighted by atomic mass is 35.5. The van der Waals surface area contributed by atoms with Crippen LogP contribution in [0.2, 0.25) is 5.15 Å². The molecule has 1 aromatic heterocycles. The van der Waals surface area contributed by atoms with Crippen LogP contribution in [-0.2, 0) is 13.6 Å². The number of nitrogens with zero attached hydrogens (tertiary/aromatic N) is 2. The van der Waals surface area contributed by atoms with Crippen LogP contribution in [0.5, 0.6) is 0 Å². The lowest BCUT2D eigenvalue weighted by Gasteiger charge is -2.21. The van der Waals surface area contributed by atoms with Gasteiger partial charge in [-0.1, -0.05) is 25.4 Å². The Bertz CT molecular complexity index is 360. The molecule has 0 atom stereocenters. The van der Waals surface area contributed by atoms with Crippen molar-refractivity contribution in [2.24, 2.45) is 12.5 Å². The first-order chi connectivity index (χ1) is 7.37. The summed E-state index contributed by atoms with van der Waals surface area (Å²) < 4.78 is 1.67. The van der Waals surface area contributed by atoms with Gasteiger partial charge >= 0.3 is 0 Å². The molecule has 1 heterocycles. The Morgan fingerprint density at radius 2 is 2.12 bits per heavy atom. The van der Waals surface area contributed by atoms with Crippen molar-refractivity contribution < 1.29 is 5.11 Å². The van der Waals surface area contributed by atoms with E-state index in [0.717, 1.165) is 17.8 Å². The zero-order valence-electron chi connectivity index (χ0n) is 10.3. The summed E-state index contributed by atoms with van der Waals surface area (Å²) in [5, 5.41) is 17.3. The van der Waals surface area contributed by atoms with Crippen LogP contribution in [0.4, 0.5) is 0 Å². The fourth-order valence-corrected chi connectivity index (χ4v) is 1.70. The molecule has 1 rings (SSSR count). The largest absolute Gasteiger partial charge is 0.396 e. The molecule has 0 saturated carbocycles. The molecule has 2 N–H and O–H groups in total. The second kappa shape index (κ2) is 5.17. The number of aliphatic hydroxyl groups is 1. The van der Waals surface area contributed by atoms with Gasteiger partial charge in [0.15, 0.2) is 0 Å². The highest BCUT2D eigenvalue weighted by molar-refractivity contribution is 6.30. The van der Waals surface area contributed by atoms with Crippen molar-refractivity contribution >= 4 is 11.6 Å². The number of nitrogens with one attached hydrogen (secondary N) is 1. The van der Waals surface area contributed by atoms with Gasteiger partial charge in [0.25, 0.3) is 0 Å². The Balaban J connectivity index is 2.55. The maximum absolute atomic E-state index is 9.12. The van der Waals surface area contributed by atoms with Crippen LogP contribution in [0.1, 0.15) is 25.1 Å². The van der Waals surface area contributed by atoms with E-state index in [4.69, 9.17) is 16.7 Å². The molecule has 1 aromatic rings. The molecule has 0 spiro atoms. The lowest BCUT2D eigenvalue weighted by molar-refractivity contribution is 0.156. The number of aryl methyl sites for hydroxylation is 2. The molecule has 0 saturated heterocycles. The van der Waals surface area contributed by atoms with E-state index in [2.05, 4.69) is 10.4 Å². The minimum Gasteiger partial charge on any atom is -0.396 e. The Labute approximate surface area is 102 Å². The SMILES string of the molecule is Cc1nn(C)c(Cl)c1CNCC(C)(C)CO. The molecule has 0 aliphatic carbocycles. The van der Waals surface area contributed by atoms with E-state index in [1.807, 2.05) is 27.8 Å². The minimum atomic E-state index is -0.109. The molecule has 92 valence electrons. The molecule has 0 aliphatic heterocycles. The van der Waals surface area contributed by atoms with Gasteiger partial charge in [0.2, 0.25) is 0 Å². The zero-order valence-corrected chi connectivity index (χ0v) is 11.1.